The molecular formula is C16H9ClFN3O3S. The van der Waals surface area contributed by atoms with Crippen LogP contribution in [-0.4, -0.2) is 15.9 Å². The Balaban J connectivity index is 1.98. The van der Waals surface area contributed by atoms with E-state index in [4.69, 9.17) is 23.8 Å². The predicted octanol–water partition coefficient (Wildman–Crippen LogP) is 3.65. The first-order chi connectivity index (χ1) is 11.9. The lowest BCUT2D eigenvalue weighted by Crippen LogP contribution is -2.31. The number of benzene rings is 2. The van der Waals surface area contributed by atoms with E-state index in [0.717, 1.165) is 4.90 Å². The van der Waals surface area contributed by atoms with Crippen molar-refractivity contribution in [3.05, 3.63) is 74.7 Å². The fraction of sp³-hybridized carbons (Fsp3) is 0. The largest absolute Gasteiger partial charge is 0.327 e. The summed E-state index contributed by atoms with van der Waals surface area (Å²) < 4.78 is 13.9. The molecule has 0 aliphatic carbocycles. The standard InChI is InChI=1S/C16H9ClFN3O3S/c17-10-6-5-9(8-14(10)21(23)24)7-12-15(22)20(16(25)19-12)13-4-2-1-3-11(13)18/h1-8H,(H,19,25)/b12-7-. The summed E-state index contributed by atoms with van der Waals surface area (Å²) in [6.45, 7) is 0. The maximum atomic E-state index is 13.9. The number of nitrogens with zero attached hydrogens (tertiary/aromatic N) is 2. The average molecular weight is 378 g/mol. The van der Waals surface area contributed by atoms with Gasteiger partial charge in [0, 0.05) is 6.07 Å². The highest BCUT2D eigenvalue weighted by Gasteiger charge is 2.33. The van der Waals surface area contributed by atoms with Crippen LogP contribution in [0.3, 0.4) is 0 Å². The van der Waals surface area contributed by atoms with Crippen molar-refractivity contribution in [2.45, 2.75) is 0 Å². The lowest BCUT2D eigenvalue weighted by atomic mass is 10.1. The fourth-order valence-corrected chi connectivity index (χ4v) is 2.79. The normalized spacial score (nSPS) is 15.6. The molecule has 1 saturated heterocycles. The monoisotopic (exact) mass is 377 g/mol. The van der Waals surface area contributed by atoms with E-state index >= 15 is 0 Å². The quantitative estimate of drug-likeness (QED) is 0.382. The van der Waals surface area contributed by atoms with Crippen molar-refractivity contribution in [2.24, 2.45) is 0 Å². The summed E-state index contributed by atoms with van der Waals surface area (Å²) in [5.41, 5.74) is 0.195. The Labute approximate surface area is 151 Å². The number of nitrogens with one attached hydrogen (secondary N) is 1. The number of amides is 1. The summed E-state index contributed by atoms with van der Waals surface area (Å²) in [6.07, 6.45) is 1.39. The zero-order valence-electron chi connectivity index (χ0n) is 12.4. The van der Waals surface area contributed by atoms with Gasteiger partial charge in [0.1, 0.15) is 16.5 Å². The van der Waals surface area contributed by atoms with Crippen molar-refractivity contribution in [1.29, 1.82) is 0 Å². The van der Waals surface area contributed by atoms with Crippen LogP contribution in [0.15, 0.2) is 48.2 Å². The van der Waals surface area contributed by atoms with Crippen molar-refractivity contribution < 1.29 is 14.1 Å². The van der Waals surface area contributed by atoms with Crippen LogP contribution < -0.4 is 10.2 Å². The second-order valence-electron chi connectivity index (χ2n) is 5.05. The van der Waals surface area contributed by atoms with Crippen molar-refractivity contribution in [3.63, 3.8) is 0 Å². The van der Waals surface area contributed by atoms with Gasteiger partial charge in [-0.05, 0) is 42.1 Å². The molecule has 1 aliphatic heterocycles. The van der Waals surface area contributed by atoms with Gasteiger partial charge in [-0.15, -0.1) is 0 Å². The van der Waals surface area contributed by atoms with Gasteiger partial charge in [0.2, 0.25) is 0 Å². The molecule has 6 nitrogen and oxygen atoms in total. The Morgan fingerprint density at radius 3 is 2.68 bits per heavy atom. The van der Waals surface area contributed by atoms with Gasteiger partial charge in [-0.3, -0.25) is 14.9 Å². The molecule has 2 aromatic rings. The summed E-state index contributed by atoms with van der Waals surface area (Å²) in [6, 6.07) is 9.84. The third-order valence-electron chi connectivity index (χ3n) is 3.45. The van der Waals surface area contributed by atoms with Gasteiger partial charge in [-0.2, -0.15) is 0 Å². The molecule has 2 aromatic carbocycles. The second kappa shape index (κ2) is 6.58. The van der Waals surface area contributed by atoms with E-state index in [1.54, 1.807) is 6.07 Å². The van der Waals surface area contributed by atoms with Gasteiger partial charge < -0.3 is 5.32 Å². The maximum absolute atomic E-state index is 13.9. The van der Waals surface area contributed by atoms with Crippen LogP contribution in [0.25, 0.3) is 6.08 Å². The van der Waals surface area contributed by atoms with Crippen molar-refractivity contribution in [1.82, 2.24) is 5.32 Å². The molecule has 1 heterocycles. The Kier molecular flexibility index (Phi) is 4.47. The molecule has 126 valence electrons. The van der Waals surface area contributed by atoms with E-state index in [1.807, 2.05) is 0 Å². The molecule has 0 saturated carbocycles. The molecule has 9 heteroatoms. The summed E-state index contributed by atoms with van der Waals surface area (Å²) in [7, 11) is 0. The molecule has 1 N–H and O–H groups in total. The minimum absolute atomic E-state index is 0.0126. The third kappa shape index (κ3) is 3.21. The number of para-hydroxylation sites is 1. The van der Waals surface area contributed by atoms with Gasteiger partial charge in [0.05, 0.1) is 10.6 Å². The highest BCUT2D eigenvalue weighted by atomic mass is 35.5. The minimum atomic E-state index is -0.621. The lowest BCUT2D eigenvalue weighted by molar-refractivity contribution is -0.384. The van der Waals surface area contributed by atoms with Crippen LogP contribution >= 0.6 is 23.8 Å². The van der Waals surface area contributed by atoms with E-state index in [-0.39, 0.29) is 27.2 Å². The van der Waals surface area contributed by atoms with E-state index in [1.165, 1.54) is 42.5 Å². The predicted molar refractivity (Wildman–Crippen MR) is 95.7 cm³/mol. The Bertz CT molecular complexity index is 948. The van der Waals surface area contributed by atoms with Crippen molar-refractivity contribution in [3.8, 4) is 0 Å². The van der Waals surface area contributed by atoms with E-state index in [9.17, 15) is 19.3 Å². The molecular weight excluding hydrogens is 369 g/mol. The lowest BCUT2D eigenvalue weighted by Gasteiger charge is -2.14. The SMILES string of the molecule is O=C1/C(=C/c2ccc(Cl)c([N+](=O)[O-])c2)NC(=S)N1c1ccccc1F. The highest BCUT2D eigenvalue weighted by Crippen LogP contribution is 2.28. The number of anilines is 1. The summed E-state index contributed by atoms with van der Waals surface area (Å²) >= 11 is 10.9. The molecule has 1 aliphatic rings. The van der Waals surface area contributed by atoms with E-state index < -0.39 is 16.6 Å². The van der Waals surface area contributed by atoms with Crippen LogP contribution in [0, 0.1) is 15.9 Å². The molecule has 1 fully saturated rings. The van der Waals surface area contributed by atoms with Crippen molar-refractivity contribution in [2.75, 3.05) is 4.90 Å². The molecule has 0 radical (unpaired) electrons. The van der Waals surface area contributed by atoms with Crippen LogP contribution in [0.5, 0.6) is 0 Å². The molecule has 1 amide bonds. The number of halogens is 2. The molecule has 0 unspecified atom stereocenters. The zero-order chi connectivity index (χ0) is 18.1. The number of carbonyl (C=O) groups excluding carboxylic acids is 1. The number of carbonyl (C=O) groups is 1. The second-order valence-corrected chi connectivity index (χ2v) is 5.84. The molecule has 0 atom stereocenters. The van der Waals surface area contributed by atoms with Crippen LogP contribution in [-0.2, 0) is 4.79 Å². The first kappa shape index (κ1) is 17.0. The highest BCUT2D eigenvalue weighted by molar-refractivity contribution is 7.80. The topological polar surface area (TPSA) is 75.5 Å². The number of nitro groups is 1. The third-order valence-corrected chi connectivity index (χ3v) is 4.05. The summed E-state index contributed by atoms with van der Waals surface area (Å²) in [5, 5.41) is 13.6. The fourth-order valence-electron chi connectivity index (χ4n) is 2.31. The van der Waals surface area contributed by atoms with E-state index in [2.05, 4.69) is 5.32 Å². The Morgan fingerprint density at radius 1 is 1.28 bits per heavy atom. The van der Waals surface area contributed by atoms with E-state index in [0.29, 0.717) is 5.56 Å². The maximum Gasteiger partial charge on any atom is 0.288 e. The number of thiocarbonyl (C=S) groups is 1. The van der Waals surface area contributed by atoms with Crippen LogP contribution in [0.2, 0.25) is 5.02 Å². The molecule has 25 heavy (non-hydrogen) atoms. The number of hydrogen-bond acceptors (Lipinski definition) is 4. The van der Waals surface area contributed by atoms with Gasteiger partial charge in [0.15, 0.2) is 5.11 Å². The Hall–Kier alpha value is -2.84. The zero-order valence-corrected chi connectivity index (χ0v) is 14.0. The number of hydrogen-bond donors (Lipinski definition) is 1. The summed E-state index contributed by atoms with van der Waals surface area (Å²) in [5.74, 6) is -1.16. The average Bonchev–Trinajstić information content (AvgIpc) is 2.84. The Morgan fingerprint density at radius 2 is 2.00 bits per heavy atom. The van der Waals surface area contributed by atoms with Crippen molar-refractivity contribution >= 4 is 52.3 Å². The number of nitro benzene ring substituents is 1. The molecule has 3 rings (SSSR count). The molecule has 0 bridgehead atoms. The van der Waals surface area contributed by atoms with Crippen LogP contribution in [0.4, 0.5) is 15.8 Å². The first-order valence-corrected chi connectivity index (χ1v) is 7.72. The van der Waals surface area contributed by atoms with Gasteiger partial charge in [-0.1, -0.05) is 29.8 Å². The van der Waals surface area contributed by atoms with Gasteiger partial charge >= 0.3 is 0 Å². The number of rotatable bonds is 3. The molecule has 0 spiro atoms. The van der Waals surface area contributed by atoms with Crippen LogP contribution in [0.1, 0.15) is 5.56 Å². The molecule has 0 aromatic heterocycles. The minimum Gasteiger partial charge on any atom is -0.327 e. The summed E-state index contributed by atoms with van der Waals surface area (Å²) in [4.78, 5) is 23.9. The smallest absolute Gasteiger partial charge is 0.288 e. The first-order valence-electron chi connectivity index (χ1n) is 6.94. The van der Waals surface area contributed by atoms with Gasteiger partial charge in [0.25, 0.3) is 11.6 Å². The van der Waals surface area contributed by atoms with Gasteiger partial charge in [-0.25, -0.2) is 9.29 Å².